The van der Waals surface area contributed by atoms with Gasteiger partial charge in [-0.2, -0.15) is 0 Å². The Balaban J connectivity index is 1.78. The van der Waals surface area contributed by atoms with Crippen LogP contribution in [0.15, 0.2) is 53.0 Å². The van der Waals surface area contributed by atoms with E-state index in [4.69, 9.17) is 0 Å². The number of aliphatic hydroxyl groups excluding tert-OH is 1. The van der Waals surface area contributed by atoms with Crippen LogP contribution in [0.1, 0.15) is 35.1 Å². The smallest absolute Gasteiger partial charge is 0.0824 e. The Morgan fingerprint density at radius 1 is 1.16 bits per heavy atom. The van der Waals surface area contributed by atoms with Crippen molar-refractivity contribution in [3.63, 3.8) is 0 Å². The van der Waals surface area contributed by atoms with Crippen molar-refractivity contribution >= 4 is 15.9 Å². The van der Waals surface area contributed by atoms with E-state index in [-0.39, 0.29) is 6.10 Å². The van der Waals surface area contributed by atoms with E-state index in [1.807, 2.05) is 12.1 Å². The molecule has 1 saturated carbocycles. The van der Waals surface area contributed by atoms with Crippen LogP contribution in [-0.2, 0) is 0 Å². The first kappa shape index (κ1) is 12.9. The molecule has 0 heterocycles. The fraction of sp³-hybridized carbons (Fsp3) is 0.294. The Morgan fingerprint density at radius 3 is 2.58 bits per heavy atom. The van der Waals surface area contributed by atoms with Crippen molar-refractivity contribution in [2.45, 2.75) is 25.4 Å². The molecule has 0 radical (unpaired) electrons. The lowest BCUT2D eigenvalue weighted by Crippen LogP contribution is -2.02. The predicted octanol–water partition coefficient (Wildman–Crippen LogP) is 4.59. The maximum absolute atomic E-state index is 10.5. The highest BCUT2D eigenvalue weighted by atomic mass is 79.9. The summed E-state index contributed by atoms with van der Waals surface area (Å²) in [7, 11) is 0. The molecule has 19 heavy (non-hydrogen) atoms. The Labute approximate surface area is 122 Å². The number of aliphatic hydroxyl groups is 1. The van der Waals surface area contributed by atoms with Crippen molar-refractivity contribution in [1.82, 2.24) is 0 Å². The largest absolute Gasteiger partial charge is 0.388 e. The molecule has 1 nitrogen and oxygen atoms in total. The summed E-state index contributed by atoms with van der Waals surface area (Å²) in [6.07, 6.45) is 0.720. The number of hydrogen-bond acceptors (Lipinski definition) is 1. The predicted molar refractivity (Wildman–Crippen MR) is 81.1 cm³/mol. The summed E-state index contributed by atoms with van der Waals surface area (Å²) in [5.74, 6) is 0.867. The number of hydrogen-bond donors (Lipinski definition) is 1. The number of halogens is 1. The van der Waals surface area contributed by atoms with Gasteiger partial charge in [-0.3, -0.25) is 0 Å². The van der Waals surface area contributed by atoms with E-state index in [2.05, 4.69) is 59.3 Å². The van der Waals surface area contributed by atoms with Crippen LogP contribution in [0.3, 0.4) is 0 Å². The van der Waals surface area contributed by atoms with E-state index in [1.54, 1.807) is 0 Å². The first-order valence-corrected chi connectivity index (χ1v) is 7.44. The van der Waals surface area contributed by atoms with E-state index in [0.29, 0.717) is 11.8 Å². The second kappa shape index (κ2) is 5.10. The van der Waals surface area contributed by atoms with Gasteiger partial charge in [0.25, 0.3) is 0 Å². The second-order valence-electron chi connectivity index (χ2n) is 5.42. The van der Waals surface area contributed by atoms with Crippen molar-refractivity contribution in [2.24, 2.45) is 5.92 Å². The standard InChI is InChI=1S/C17H17BrO/c1-11-7-13(9-14(18)8-11)17(19)16-10-15(16)12-5-3-2-4-6-12/h2-9,15-17,19H,10H2,1H3. The molecule has 2 aromatic carbocycles. The zero-order valence-corrected chi connectivity index (χ0v) is 12.5. The molecule has 1 aliphatic rings. The number of aryl methyl sites for hydroxylation is 1. The van der Waals surface area contributed by atoms with Crippen LogP contribution in [0.5, 0.6) is 0 Å². The lowest BCUT2D eigenvalue weighted by atomic mass is 10.00. The Morgan fingerprint density at radius 2 is 1.89 bits per heavy atom. The average Bonchev–Trinajstić information content (AvgIpc) is 3.18. The van der Waals surface area contributed by atoms with E-state index >= 15 is 0 Å². The van der Waals surface area contributed by atoms with Gasteiger partial charge in [0.15, 0.2) is 0 Å². The first-order valence-electron chi connectivity index (χ1n) is 6.65. The highest BCUT2D eigenvalue weighted by molar-refractivity contribution is 9.10. The van der Waals surface area contributed by atoms with Crippen molar-refractivity contribution in [3.8, 4) is 0 Å². The molecule has 3 rings (SSSR count). The van der Waals surface area contributed by atoms with Crippen LogP contribution >= 0.6 is 15.9 Å². The molecule has 98 valence electrons. The molecular weight excluding hydrogens is 300 g/mol. The van der Waals surface area contributed by atoms with Gasteiger partial charge in [-0.25, -0.2) is 0 Å². The van der Waals surface area contributed by atoms with Gasteiger partial charge in [-0.05, 0) is 54.0 Å². The zero-order valence-electron chi connectivity index (χ0n) is 10.9. The molecule has 0 amide bonds. The van der Waals surface area contributed by atoms with Gasteiger partial charge < -0.3 is 5.11 Å². The summed E-state index contributed by atoms with van der Waals surface area (Å²) >= 11 is 3.50. The minimum Gasteiger partial charge on any atom is -0.388 e. The summed E-state index contributed by atoms with van der Waals surface area (Å²) in [4.78, 5) is 0. The minimum absolute atomic E-state index is 0.358. The Kier molecular flexibility index (Phi) is 3.46. The Bertz CT molecular complexity index is 559. The van der Waals surface area contributed by atoms with Gasteiger partial charge in [0.2, 0.25) is 0 Å². The van der Waals surface area contributed by atoms with Gasteiger partial charge in [0.1, 0.15) is 0 Å². The van der Waals surface area contributed by atoms with Crippen LogP contribution in [0.25, 0.3) is 0 Å². The highest BCUT2D eigenvalue weighted by Crippen LogP contribution is 2.54. The van der Waals surface area contributed by atoms with Gasteiger partial charge >= 0.3 is 0 Å². The molecular formula is C17H17BrO. The molecule has 0 aromatic heterocycles. The lowest BCUT2D eigenvalue weighted by Gasteiger charge is -2.12. The summed E-state index contributed by atoms with van der Waals surface area (Å²) in [5.41, 5.74) is 3.55. The van der Waals surface area contributed by atoms with Crippen molar-refractivity contribution in [2.75, 3.05) is 0 Å². The molecule has 3 atom stereocenters. The molecule has 1 aliphatic carbocycles. The molecule has 2 aromatic rings. The van der Waals surface area contributed by atoms with Crippen LogP contribution in [0.2, 0.25) is 0 Å². The van der Waals surface area contributed by atoms with Crippen LogP contribution < -0.4 is 0 Å². The maximum Gasteiger partial charge on any atom is 0.0824 e. The van der Waals surface area contributed by atoms with E-state index < -0.39 is 0 Å². The molecule has 0 spiro atoms. The average molecular weight is 317 g/mol. The number of benzene rings is 2. The van der Waals surface area contributed by atoms with E-state index in [1.165, 1.54) is 11.1 Å². The molecule has 3 unspecified atom stereocenters. The monoisotopic (exact) mass is 316 g/mol. The maximum atomic E-state index is 10.5. The third-order valence-corrected chi connectivity index (χ3v) is 4.34. The van der Waals surface area contributed by atoms with Gasteiger partial charge in [-0.15, -0.1) is 0 Å². The first-order chi connectivity index (χ1) is 9.15. The van der Waals surface area contributed by atoms with Gasteiger partial charge in [-0.1, -0.05) is 52.3 Å². The fourth-order valence-electron chi connectivity index (χ4n) is 2.83. The molecule has 1 N–H and O–H groups in total. The summed E-state index contributed by atoms with van der Waals surface area (Å²) in [5, 5.41) is 10.5. The quantitative estimate of drug-likeness (QED) is 0.877. The topological polar surface area (TPSA) is 20.2 Å². The molecule has 0 saturated heterocycles. The van der Waals surface area contributed by atoms with E-state index in [9.17, 15) is 5.11 Å². The second-order valence-corrected chi connectivity index (χ2v) is 6.34. The summed E-state index contributed by atoms with van der Waals surface area (Å²) in [6, 6.07) is 16.7. The molecule has 2 heteroatoms. The van der Waals surface area contributed by atoms with Crippen molar-refractivity contribution in [3.05, 3.63) is 69.7 Å². The minimum atomic E-state index is -0.360. The molecule has 1 fully saturated rings. The van der Waals surface area contributed by atoms with Crippen LogP contribution in [0, 0.1) is 12.8 Å². The van der Waals surface area contributed by atoms with Crippen molar-refractivity contribution < 1.29 is 5.11 Å². The molecule has 0 bridgehead atoms. The summed E-state index contributed by atoms with van der Waals surface area (Å²) in [6.45, 7) is 2.06. The number of rotatable bonds is 3. The summed E-state index contributed by atoms with van der Waals surface area (Å²) < 4.78 is 1.04. The van der Waals surface area contributed by atoms with E-state index in [0.717, 1.165) is 16.5 Å². The third-order valence-electron chi connectivity index (χ3n) is 3.88. The Hall–Kier alpha value is -1.12. The third kappa shape index (κ3) is 2.75. The zero-order chi connectivity index (χ0) is 13.4. The van der Waals surface area contributed by atoms with Gasteiger partial charge in [0, 0.05) is 4.47 Å². The van der Waals surface area contributed by atoms with Gasteiger partial charge in [0.05, 0.1) is 6.10 Å². The normalized spacial score (nSPS) is 23.1. The van der Waals surface area contributed by atoms with Crippen LogP contribution in [0.4, 0.5) is 0 Å². The van der Waals surface area contributed by atoms with Crippen molar-refractivity contribution in [1.29, 1.82) is 0 Å². The fourth-order valence-corrected chi connectivity index (χ4v) is 3.46. The van der Waals surface area contributed by atoms with Crippen LogP contribution in [-0.4, -0.2) is 5.11 Å². The SMILES string of the molecule is Cc1cc(Br)cc(C(O)C2CC2c2ccccc2)c1. The molecule has 0 aliphatic heterocycles. The lowest BCUT2D eigenvalue weighted by molar-refractivity contribution is 0.151. The highest BCUT2D eigenvalue weighted by Gasteiger charge is 2.43.